The van der Waals surface area contributed by atoms with E-state index in [1.165, 1.54) is 5.56 Å². The lowest BCUT2D eigenvalue weighted by atomic mass is 10.00. The van der Waals surface area contributed by atoms with Crippen molar-refractivity contribution >= 4 is 11.8 Å². The van der Waals surface area contributed by atoms with E-state index < -0.39 is 17.9 Å². The molecule has 132 valence electrons. The second-order valence-corrected chi connectivity index (χ2v) is 6.11. The Morgan fingerprint density at radius 3 is 2.72 bits per heavy atom. The highest BCUT2D eigenvalue weighted by atomic mass is 16.5. The van der Waals surface area contributed by atoms with E-state index in [1.807, 2.05) is 18.2 Å². The number of ether oxygens (including phenoxy) is 1. The van der Waals surface area contributed by atoms with E-state index in [9.17, 15) is 9.59 Å². The second kappa shape index (κ2) is 7.48. The summed E-state index contributed by atoms with van der Waals surface area (Å²) in [4.78, 5) is 26.6. The van der Waals surface area contributed by atoms with Crippen molar-refractivity contribution in [2.75, 3.05) is 20.3 Å². The van der Waals surface area contributed by atoms with Gasteiger partial charge in [0.2, 0.25) is 0 Å². The molecule has 2 amide bonds. The molecule has 0 unspecified atom stereocenters. The van der Waals surface area contributed by atoms with Gasteiger partial charge < -0.3 is 15.0 Å². The number of carbonyl (C=O) groups excluding carboxylic acids is 2. The summed E-state index contributed by atoms with van der Waals surface area (Å²) >= 11 is 0. The number of amides is 2. The number of nitrogens with zero attached hydrogens (tertiary/aromatic N) is 3. The highest BCUT2D eigenvalue weighted by molar-refractivity contribution is 6.35. The first-order valence-corrected chi connectivity index (χ1v) is 8.23. The van der Waals surface area contributed by atoms with Crippen LogP contribution in [-0.4, -0.2) is 46.8 Å². The Morgan fingerprint density at radius 2 is 2.04 bits per heavy atom. The Morgan fingerprint density at radius 1 is 1.28 bits per heavy atom. The van der Waals surface area contributed by atoms with Crippen LogP contribution in [0, 0.1) is 0 Å². The number of methoxy groups -OCH3 is 1. The highest BCUT2D eigenvalue weighted by Crippen LogP contribution is 2.19. The van der Waals surface area contributed by atoms with Gasteiger partial charge >= 0.3 is 11.8 Å². The first-order chi connectivity index (χ1) is 12.1. The van der Waals surface area contributed by atoms with E-state index in [1.54, 1.807) is 36.0 Å². The summed E-state index contributed by atoms with van der Waals surface area (Å²) < 4.78 is 6.83. The zero-order chi connectivity index (χ0) is 17.8. The van der Waals surface area contributed by atoms with E-state index in [0.29, 0.717) is 13.1 Å². The number of hydrogen-bond donors (Lipinski definition) is 1. The van der Waals surface area contributed by atoms with Crippen LogP contribution in [0.1, 0.15) is 22.9 Å². The van der Waals surface area contributed by atoms with Crippen molar-refractivity contribution in [3.8, 4) is 0 Å². The van der Waals surface area contributed by atoms with Gasteiger partial charge in [-0.05, 0) is 23.6 Å². The molecule has 0 saturated carbocycles. The Kier molecular flexibility index (Phi) is 5.14. The molecule has 3 rings (SSSR count). The molecule has 0 aliphatic carbocycles. The summed E-state index contributed by atoms with van der Waals surface area (Å²) in [5.41, 5.74) is 3.11. The molecule has 2 aromatic rings. The highest BCUT2D eigenvalue weighted by Gasteiger charge is 2.28. The van der Waals surface area contributed by atoms with Gasteiger partial charge in [-0.25, -0.2) is 0 Å². The van der Waals surface area contributed by atoms with Crippen molar-refractivity contribution < 1.29 is 14.3 Å². The molecular weight excluding hydrogens is 320 g/mol. The van der Waals surface area contributed by atoms with Gasteiger partial charge in [0.25, 0.3) is 0 Å². The fourth-order valence-electron chi connectivity index (χ4n) is 3.13. The first kappa shape index (κ1) is 17.2. The van der Waals surface area contributed by atoms with E-state index in [2.05, 4.69) is 16.5 Å². The first-order valence-electron chi connectivity index (χ1n) is 8.23. The number of aromatic nitrogens is 2. The van der Waals surface area contributed by atoms with Crippen molar-refractivity contribution in [2.24, 2.45) is 7.05 Å². The summed E-state index contributed by atoms with van der Waals surface area (Å²) in [7, 11) is 3.34. The van der Waals surface area contributed by atoms with Crippen molar-refractivity contribution in [1.82, 2.24) is 20.0 Å². The predicted molar refractivity (Wildman–Crippen MR) is 91.5 cm³/mol. The fourth-order valence-corrected chi connectivity index (χ4v) is 3.13. The Bertz CT molecular complexity index is 771. The van der Waals surface area contributed by atoms with Crippen LogP contribution in [0.4, 0.5) is 0 Å². The maximum Gasteiger partial charge on any atom is 0.312 e. The molecular formula is C18H22N4O3. The molecule has 0 radical (unpaired) electrons. The average molecular weight is 342 g/mol. The van der Waals surface area contributed by atoms with Crippen LogP contribution in [0.3, 0.4) is 0 Å². The van der Waals surface area contributed by atoms with E-state index in [0.717, 1.165) is 17.7 Å². The zero-order valence-corrected chi connectivity index (χ0v) is 14.4. The third-order valence-corrected chi connectivity index (χ3v) is 4.47. The average Bonchev–Trinajstić information content (AvgIpc) is 3.06. The van der Waals surface area contributed by atoms with Gasteiger partial charge in [0.15, 0.2) is 0 Å². The van der Waals surface area contributed by atoms with Crippen LogP contribution in [0.25, 0.3) is 0 Å². The molecule has 0 spiro atoms. The molecule has 0 fully saturated rings. The largest absolute Gasteiger partial charge is 0.382 e. The number of carbonyl (C=O) groups is 2. The van der Waals surface area contributed by atoms with Gasteiger partial charge in [-0.2, -0.15) is 5.10 Å². The fraction of sp³-hybridized carbons (Fsp3) is 0.389. The van der Waals surface area contributed by atoms with E-state index in [-0.39, 0.29) is 6.61 Å². The molecule has 7 heteroatoms. The van der Waals surface area contributed by atoms with E-state index >= 15 is 0 Å². The van der Waals surface area contributed by atoms with Crippen LogP contribution in [0.5, 0.6) is 0 Å². The second-order valence-electron chi connectivity index (χ2n) is 6.11. The van der Waals surface area contributed by atoms with Crippen LogP contribution >= 0.6 is 0 Å². The normalized spacial score (nSPS) is 14.7. The molecule has 1 aromatic carbocycles. The zero-order valence-electron chi connectivity index (χ0n) is 14.4. The van der Waals surface area contributed by atoms with Crippen LogP contribution in [0.2, 0.25) is 0 Å². The molecule has 0 saturated heterocycles. The number of aryl methyl sites for hydroxylation is 1. The minimum absolute atomic E-state index is 0.265. The summed E-state index contributed by atoms with van der Waals surface area (Å²) in [5, 5.41) is 6.87. The molecule has 0 bridgehead atoms. The topological polar surface area (TPSA) is 76.5 Å². The molecule has 1 aliphatic rings. The molecule has 7 nitrogen and oxygen atoms in total. The smallest absolute Gasteiger partial charge is 0.312 e. The number of fused-ring (bicyclic) bond motifs is 1. The Hall–Kier alpha value is -2.67. The Labute approximate surface area is 146 Å². The lowest BCUT2D eigenvalue weighted by Crippen LogP contribution is -2.46. The van der Waals surface area contributed by atoms with Crippen LogP contribution in [-0.2, 0) is 34.3 Å². The minimum Gasteiger partial charge on any atom is -0.382 e. The van der Waals surface area contributed by atoms with Gasteiger partial charge in [0.1, 0.15) is 0 Å². The van der Waals surface area contributed by atoms with Gasteiger partial charge in [-0.15, -0.1) is 0 Å². The standard InChI is InChI=1S/C18H22N4O3/c1-21-16(7-9-19-21)15(12-25-2)20-17(23)18(24)22-10-8-13-5-3-4-6-14(13)11-22/h3-7,9,15H,8,10-12H2,1-2H3,(H,20,23)/t15-/m0/s1. The summed E-state index contributed by atoms with van der Waals surface area (Å²) in [6, 6.07) is 9.37. The molecule has 1 aliphatic heterocycles. The number of rotatable bonds is 4. The van der Waals surface area contributed by atoms with Crippen molar-refractivity contribution in [1.29, 1.82) is 0 Å². The van der Waals surface area contributed by atoms with Crippen molar-refractivity contribution in [3.05, 3.63) is 53.3 Å². The van der Waals surface area contributed by atoms with Gasteiger partial charge in [-0.1, -0.05) is 24.3 Å². The van der Waals surface area contributed by atoms with Gasteiger partial charge in [-0.3, -0.25) is 14.3 Å². The number of nitrogens with one attached hydrogen (secondary N) is 1. The summed E-state index contributed by atoms with van der Waals surface area (Å²) in [5.74, 6) is -1.14. The number of benzene rings is 1. The third-order valence-electron chi connectivity index (χ3n) is 4.47. The lowest BCUT2D eigenvalue weighted by molar-refractivity contribution is -0.147. The third kappa shape index (κ3) is 3.71. The summed E-state index contributed by atoms with van der Waals surface area (Å²) in [6.07, 6.45) is 2.41. The molecule has 1 atom stereocenters. The molecule has 1 N–H and O–H groups in total. The lowest BCUT2D eigenvalue weighted by Gasteiger charge is -2.29. The SMILES string of the molecule is COC[C@H](NC(=O)C(=O)N1CCc2ccccc2C1)c1ccnn1C. The molecule has 25 heavy (non-hydrogen) atoms. The predicted octanol–water partition coefficient (Wildman–Crippen LogP) is 0.809. The minimum atomic E-state index is -0.623. The molecule has 1 aromatic heterocycles. The van der Waals surface area contributed by atoms with Gasteiger partial charge in [0.05, 0.1) is 18.3 Å². The number of hydrogen-bond acceptors (Lipinski definition) is 4. The van der Waals surface area contributed by atoms with Gasteiger partial charge in [0, 0.05) is 33.4 Å². The van der Waals surface area contributed by atoms with Crippen molar-refractivity contribution in [2.45, 2.75) is 19.0 Å². The summed E-state index contributed by atoms with van der Waals surface area (Å²) in [6.45, 7) is 1.27. The molecule has 2 heterocycles. The Balaban J connectivity index is 1.68. The quantitative estimate of drug-likeness (QED) is 0.834. The van der Waals surface area contributed by atoms with Crippen LogP contribution in [0.15, 0.2) is 36.5 Å². The van der Waals surface area contributed by atoms with Crippen LogP contribution < -0.4 is 5.32 Å². The monoisotopic (exact) mass is 342 g/mol. The van der Waals surface area contributed by atoms with Crippen molar-refractivity contribution in [3.63, 3.8) is 0 Å². The maximum absolute atomic E-state index is 12.6. The van der Waals surface area contributed by atoms with E-state index in [4.69, 9.17) is 4.74 Å². The maximum atomic E-state index is 12.6.